The third kappa shape index (κ3) is 4.61. The highest BCUT2D eigenvalue weighted by Gasteiger charge is 2.37. The fourth-order valence-corrected chi connectivity index (χ4v) is 4.34. The predicted molar refractivity (Wildman–Crippen MR) is 116 cm³/mol. The van der Waals surface area contributed by atoms with E-state index in [-0.39, 0.29) is 28.4 Å². The van der Waals surface area contributed by atoms with Crippen molar-refractivity contribution < 1.29 is 37.0 Å². The Kier molecular flexibility index (Phi) is 5.52. The average molecular weight is 477 g/mol. The van der Waals surface area contributed by atoms with Crippen LogP contribution in [0.4, 0.5) is 18.0 Å². The van der Waals surface area contributed by atoms with Gasteiger partial charge in [0.25, 0.3) is 11.1 Å². The first kappa shape index (κ1) is 22.9. The fraction of sp³-hybridized carbons (Fsp3) is 0.261. The van der Waals surface area contributed by atoms with Gasteiger partial charge in [-0.1, -0.05) is 19.9 Å². The molecule has 0 unspecified atom stereocenters. The van der Waals surface area contributed by atoms with E-state index in [4.69, 9.17) is 4.74 Å². The molecule has 6 nitrogen and oxygen atoms in total. The van der Waals surface area contributed by atoms with E-state index in [1.54, 1.807) is 6.07 Å². The Hall–Kier alpha value is -3.27. The zero-order chi connectivity index (χ0) is 24.1. The Morgan fingerprint density at radius 1 is 1.18 bits per heavy atom. The summed E-state index contributed by atoms with van der Waals surface area (Å²) in [6.07, 6.45) is -3.56. The third-order valence-corrected chi connectivity index (χ3v) is 6.07. The van der Waals surface area contributed by atoms with Gasteiger partial charge >= 0.3 is 6.36 Å². The molecular formula is C23H18F3NO5S. The molecule has 2 amide bonds. The topological polar surface area (TPSA) is 81.7 Å². The molecule has 2 aliphatic heterocycles. The van der Waals surface area contributed by atoms with E-state index in [2.05, 4.69) is 10.1 Å². The molecule has 0 saturated carbocycles. The number of ether oxygens (including phenoxy) is 2. The van der Waals surface area contributed by atoms with E-state index < -0.39 is 28.7 Å². The molecule has 10 heteroatoms. The van der Waals surface area contributed by atoms with Crippen LogP contribution in [-0.2, 0) is 10.2 Å². The molecule has 1 fully saturated rings. The van der Waals surface area contributed by atoms with Crippen LogP contribution in [0.2, 0.25) is 0 Å². The van der Waals surface area contributed by atoms with Gasteiger partial charge in [0, 0.05) is 27.7 Å². The van der Waals surface area contributed by atoms with Crippen molar-refractivity contribution in [2.75, 3.05) is 6.61 Å². The number of Topliss-reactive ketones (excluding diaryl/α,β-unsaturated/α-hetero) is 1. The molecule has 0 aromatic heterocycles. The Bertz CT molecular complexity index is 1230. The second-order valence-electron chi connectivity index (χ2n) is 8.28. The van der Waals surface area contributed by atoms with E-state index in [1.165, 1.54) is 31.2 Å². The van der Waals surface area contributed by atoms with Gasteiger partial charge in [-0.2, -0.15) is 0 Å². The van der Waals surface area contributed by atoms with Crippen molar-refractivity contribution in [1.82, 2.24) is 5.32 Å². The molecule has 172 valence electrons. The maximum Gasteiger partial charge on any atom is 0.573 e. The first-order valence-corrected chi connectivity index (χ1v) is 10.6. The summed E-state index contributed by atoms with van der Waals surface area (Å²) in [5.41, 5.74) is 1.23. The van der Waals surface area contributed by atoms with Crippen molar-refractivity contribution in [3.05, 3.63) is 51.9 Å². The number of carbonyl (C=O) groups is 3. The lowest BCUT2D eigenvalue weighted by molar-refractivity contribution is -0.274. The Morgan fingerprint density at radius 3 is 2.52 bits per heavy atom. The number of carbonyl (C=O) groups excluding carboxylic acids is 3. The fourth-order valence-electron chi connectivity index (χ4n) is 3.65. The molecule has 0 bridgehead atoms. The van der Waals surface area contributed by atoms with Crippen molar-refractivity contribution in [3.63, 3.8) is 0 Å². The van der Waals surface area contributed by atoms with Gasteiger partial charge in [0.1, 0.15) is 11.5 Å². The van der Waals surface area contributed by atoms with Crippen LogP contribution in [-0.4, -0.2) is 29.9 Å². The summed E-state index contributed by atoms with van der Waals surface area (Å²) >= 11 is 0.692. The highest BCUT2D eigenvalue weighted by molar-refractivity contribution is 8.18. The summed E-state index contributed by atoms with van der Waals surface area (Å²) in [5, 5.41) is 1.59. The molecule has 2 aromatic rings. The average Bonchev–Trinajstić information content (AvgIpc) is 3.18. The maximum atomic E-state index is 13.2. The van der Waals surface area contributed by atoms with Gasteiger partial charge in [-0.05, 0) is 54.6 Å². The number of benzene rings is 2. The van der Waals surface area contributed by atoms with Crippen LogP contribution in [0.15, 0.2) is 35.2 Å². The number of thioether (sulfide) groups is 1. The highest BCUT2D eigenvalue weighted by Crippen LogP contribution is 2.48. The zero-order valence-corrected chi connectivity index (χ0v) is 18.6. The highest BCUT2D eigenvalue weighted by atomic mass is 32.2. The number of hydrogen-bond acceptors (Lipinski definition) is 6. The number of fused-ring (bicyclic) bond motifs is 1. The SMILES string of the molecule is CC(=O)c1cc(-c2cc(/C=C3/SC(=O)NC3=O)ccc2OC(F)(F)F)c2c(c1)C(C)(C)CO2. The number of nitrogens with one attached hydrogen (secondary N) is 1. The van der Waals surface area contributed by atoms with Gasteiger partial charge in [0.2, 0.25) is 0 Å². The van der Waals surface area contributed by atoms with Crippen LogP contribution in [0.3, 0.4) is 0 Å². The molecule has 2 aromatic carbocycles. The van der Waals surface area contributed by atoms with Gasteiger partial charge in [-0.25, -0.2) is 0 Å². The summed E-state index contributed by atoms with van der Waals surface area (Å²) in [6, 6.07) is 7.03. The van der Waals surface area contributed by atoms with Crippen molar-refractivity contribution in [3.8, 4) is 22.6 Å². The van der Waals surface area contributed by atoms with Crippen molar-refractivity contribution in [1.29, 1.82) is 0 Å². The standard InChI is InChI=1S/C23H18F3NO5S/c1-11(28)13-8-15(19-16(9-13)22(2,3)10-31-19)14-6-12(4-5-17(14)32-23(24,25)26)7-18-20(29)27-21(30)33-18/h4-9H,10H2,1-3H3,(H,27,29,30)/b18-7+. The molecule has 0 spiro atoms. The molecule has 1 saturated heterocycles. The lowest BCUT2D eigenvalue weighted by Crippen LogP contribution is -2.18. The Labute approximate surface area is 191 Å². The smallest absolute Gasteiger partial charge is 0.492 e. The molecule has 2 heterocycles. The monoisotopic (exact) mass is 477 g/mol. The van der Waals surface area contributed by atoms with Crippen molar-refractivity contribution >= 4 is 34.8 Å². The second-order valence-corrected chi connectivity index (χ2v) is 9.30. The van der Waals surface area contributed by atoms with E-state index in [0.29, 0.717) is 34.2 Å². The largest absolute Gasteiger partial charge is 0.573 e. The van der Waals surface area contributed by atoms with Crippen LogP contribution < -0.4 is 14.8 Å². The van der Waals surface area contributed by atoms with Crippen LogP contribution in [0.5, 0.6) is 11.5 Å². The van der Waals surface area contributed by atoms with Gasteiger partial charge in [-0.15, -0.1) is 13.2 Å². The quantitative estimate of drug-likeness (QED) is 0.466. The third-order valence-electron chi connectivity index (χ3n) is 5.26. The minimum absolute atomic E-state index is 0.0356. The van der Waals surface area contributed by atoms with Gasteiger partial charge < -0.3 is 9.47 Å². The number of imide groups is 1. The second kappa shape index (κ2) is 7.95. The summed E-state index contributed by atoms with van der Waals surface area (Å²) in [7, 11) is 0. The zero-order valence-electron chi connectivity index (χ0n) is 17.8. The number of alkyl halides is 3. The lowest BCUT2D eigenvalue weighted by atomic mass is 9.83. The van der Waals surface area contributed by atoms with Crippen LogP contribution in [0.25, 0.3) is 17.2 Å². The Balaban J connectivity index is 1.94. The van der Waals surface area contributed by atoms with E-state index in [9.17, 15) is 27.6 Å². The van der Waals surface area contributed by atoms with Crippen molar-refractivity contribution in [2.24, 2.45) is 0 Å². The number of halogens is 3. The summed E-state index contributed by atoms with van der Waals surface area (Å²) in [5.74, 6) is -0.965. The van der Waals surface area contributed by atoms with E-state index >= 15 is 0 Å². The van der Waals surface area contributed by atoms with Crippen LogP contribution >= 0.6 is 11.8 Å². The number of amides is 2. The maximum absolute atomic E-state index is 13.2. The molecular weight excluding hydrogens is 459 g/mol. The summed E-state index contributed by atoms with van der Waals surface area (Å²) < 4.78 is 49.6. The first-order valence-electron chi connectivity index (χ1n) is 9.81. The van der Waals surface area contributed by atoms with E-state index in [1.807, 2.05) is 13.8 Å². The number of ketones is 1. The van der Waals surface area contributed by atoms with Gasteiger partial charge in [-0.3, -0.25) is 19.7 Å². The van der Waals surface area contributed by atoms with Crippen molar-refractivity contribution in [2.45, 2.75) is 32.5 Å². The number of rotatable bonds is 4. The van der Waals surface area contributed by atoms with Gasteiger partial charge in [0.15, 0.2) is 5.78 Å². The molecule has 4 rings (SSSR count). The Morgan fingerprint density at radius 2 is 1.91 bits per heavy atom. The number of hydrogen-bond donors (Lipinski definition) is 1. The molecule has 0 aliphatic carbocycles. The lowest BCUT2D eigenvalue weighted by Gasteiger charge is -2.19. The van der Waals surface area contributed by atoms with Gasteiger partial charge in [0.05, 0.1) is 11.5 Å². The minimum atomic E-state index is -4.95. The molecule has 1 N–H and O–H groups in total. The molecule has 0 radical (unpaired) electrons. The molecule has 2 aliphatic rings. The normalized spacial score (nSPS) is 18.2. The predicted octanol–water partition coefficient (Wildman–Crippen LogP) is 5.45. The minimum Gasteiger partial charge on any atom is -0.492 e. The molecule has 33 heavy (non-hydrogen) atoms. The summed E-state index contributed by atoms with van der Waals surface area (Å²) in [4.78, 5) is 35.6. The van der Waals surface area contributed by atoms with Crippen LogP contribution in [0, 0.1) is 0 Å². The van der Waals surface area contributed by atoms with Crippen LogP contribution in [0.1, 0.15) is 42.3 Å². The van der Waals surface area contributed by atoms with E-state index in [0.717, 1.165) is 6.07 Å². The molecule has 0 atom stereocenters. The summed E-state index contributed by atoms with van der Waals surface area (Å²) in [6.45, 7) is 5.48. The first-order chi connectivity index (χ1) is 15.3.